The van der Waals surface area contributed by atoms with Gasteiger partial charge in [0, 0.05) is 28.9 Å². The summed E-state index contributed by atoms with van der Waals surface area (Å²) in [4.78, 5) is 9.79. The Bertz CT molecular complexity index is 1130. The topological polar surface area (TPSA) is 113 Å². The molecule has 0 radical (unpaired) electrons. The van der Waals surface area contributed by atoms with Crippen LogP contribution in [-0.2, 0) is 10.0 Å². The number of nitrogens with one attached hydrogen (secondary N) is 3. The van der Waals surface area contributed by atoms with Crippen molar-refractivity contribution in [3.63, 3.8) is 0 Å². The summed E-state index contributed by atoms with van der Waals surface area (Å²) in [5, 5.41) is 10.7. The minimum Gasteiger partial charge on any atom is -0.325 e. The van der Waals surface area contributed by atoms with Crippen LogP contribution in [0.5, 0.6) is 0 Å². The molecule has 1 saturated carbocycles. The van der Waals surface area contributed by atoms with Gasteiger partial charge in [-0.15, -0.1) is 11.3 Å². The van der Waals surface area contributed by atoms with Crippen molar-refractivity contribution in [2.75, 3.05) is 5.32 Å². The summed E-state index contributed by atoms with van der Waals surface area (Å²) >= 11 is 1.60. The fourth-order valence-corrected chi connectivity index (χ4v) is 6.69. The molecule has 3 aromatic rings. The Morgan fingerprint density at radius 3 is 2.58 bits per heavy atom. The maximum absolute atomic E-state index is 13.3. The monoisotopic (exact) mass is 460 g/mol. The minimum absolute atomic E-state index is 0.214. The van der Waals surface area contributed by atoms with Crippen LogP contribution in [0.25, 0.3) is 10.4 Å². The Balaban J connectivity index is 1.73. The quantitative estimate of drug-likeness (QED) is 0.487. The Morgan fingerprint density at radius 2 is 1.90 bits per heavy atom. The Kier molecular flexibility index (Phi) is 6.14. The third-order valence-corrected chi connectivity index (χ3v) is 8.12. The average molecular weight is 461 g/mol. The zero-order valence-corrected chi connectivity index (χ0v) is 19.6. The number of H-pyrrole nitrogens is 1. The van der Waals surface area contributed by atoms with Crippen molar-refractivity contribution in [2.45, 2.75) is 69.2 Å². The van der Waals surface area contributed by atoms with Gasteiger partial charge in [-0.25, -0.2) is 23.2 Å². The van der Waals surface area contributed by atoms with Gasteiger partial charge in [-0.2, -0.15) is 10.1 Å². The van der Waals surface area contributed by atoms with Crippen LogP contribution in [-0.4, -0.2) is 34.1 Å². The lowest BCUT2D eigenvalue weighted by Crippen LogP contribution is -2.40. The molecule has 3 N–H and O–H groups in total. The van der Waals surface area contributed by atoms with Crippen LogP contribution in [0.4, 0.5) is 11.6 Å². The molecule has 0 saturated heterocycles. The second-order valence-electron chi connectivity index (χ2n) is 8.92. The number of anilines is 2. The lowest BCUT2D eigenvalue weighted by Gasteiger charge is -2.22. The largest absolute Gasteiger partial charge is 0.325 e. The van der Waals surface area contributed by atoms with E-state index in [-0.39, 0.29) is 4.90 Å². The summed E-state index contributed by atoms with van der Waals surface area (Å²) in [7, 11) is -3.77. The van der Waals surface area contributed by atoms with Crippen molar-refractivity contribution in [3.05, 3.63) is 35.7 Å². The summed E-state index contributed by atoms with van der Waals surface area (Å²) in [6.07, 6.45) is 9.26. The predicted molar refractivity (Wildman–Crippen MR) is 123 cm³/mol. The average Bonchev–Trinajstić information content (AvgIpc) is 3.39. The molecule has 1 aliphatic rings. The van der Waals surface area contributed by atoms with E-state index in [0.717, 1.165) is 22.7 Å². The van der Waals surface area contributed by atoms with Crippen molar-refractivity contribution >= 4 is 33.0 Å². The highest BCUT2D eigenvalue weighted by Crippen LogP contribution is 2.40. The molecular weight excluding hydrogens is 432 g/mol. The number of sulfonamides is 1. The van der Waals surface area contributed by atoms with Gasteiger partial charge in [-0.05, 0) is 45.7 Å². The molecule has 1 aromatic carbocycles. The molecule has 0 atom stereocenters. The predicted octanol–water partition coefficient (Wildman–Crippen LogP) is 4.80. The number of aromatic amines is 1. The normalized spacial score (nSPS) is 15.8. The molecule has 0 unspecified atom stereocenters. The van der Waals surface area contributed by atoms with E-state index in [1.807, 2.05) is 39.1 Å². The first-order valence-corrected chi connectivity index (χ1v) is 12.8. The van der Waals surface area contributed by atoms with E-state index in [9.17, 15) is 8.42 Å². The first-order chi connectivity index (χ1) is 14.7. The van der Waals surface area contributed by atoms with Crippen LogP contribution in [0.2, 0.25) is 0 Å². The highest BCUT2D eigenvalue weighted by atomic mass is 32.2. The maximum Gasteiger partial charge on any atom is 0.241 e. The van der Waals surface area contributed by atoms with Crippen LogP contribution in [0.3, 0.4) is 0 Å². The van der Waals surface area contributed by atoms with Gasteiger partial charge in [0.1, 0.15) is 6.33 Å². The van der Waals surface area contributed by atoms with Gasteiger partial charge in [-0.1, -0.05) is 25.3 Å². The zero-order valence-electron chi connectivity index (χ0n) is 18.0. The summed E-state index contributed by atoms with van der Waals surface area (Å²) < 4.78 is 29.4. The Hall–Kier alpha value is -2.30. The molecule has 1 fully saturated rings. The van der Waals surface area contributed by atoms with E-state index in [1.54, 1.807) is 17.4 Å². The van der Waals surface area contributed by atoms with E-state index >= 15 is 0 Å². The smallest absolute Gasteiger partial charge is 0.241 e. The third kappa shape index (κ3) is 5.31. The van der Waals surface area contributed by atoms with Gasteiger partial charge in [0.05, 0.1) is 14.8 Å². The molecule has 166 valence electrons. The molecule has 0 spiro atoms. The lowest BCUT2D eigenvalue weighted by molar-refractivity contribution is 0.442. The van der Waals surface area contributed by atoms with Crippen LogP contribution in [0, 0.1) is 0 Å². The molecular formula is C21H28N6O2S2. The van der Waals surface area contributed by atoms with E-state index in [4.69, 9.17) is 0 Å². The van der Waals surface area contributed by atoms with Crippen molar-refractivity contribution in [2.24, 2.45) is 0 Å². The Morgan fingerprint density at radius 1 is 1.13 bits per heavy atom. The van der Waals surface area contributed by atoms with Crippen molar-refractivity contribution in [1.82, 2.24) is 24.9 Å². The zero-order chi connectivity index (χ0) is 22.1. The number of hydrogen-bond donors (Lipinski definition) is 3. The number of nitrogens with zero attached hydrogens (tertiary/aromatic N) is 3. The summed E-state index contributed by atoms with van der Waals surface area (Å²) in [5.74, 6) is 0.921. The highest BCUT2D eigenvalue weighted by molar-refractivity contribution is 7.89. The first kappa shape index (κ1) is 21.9. The van der Waals surface area contributed by atoms with E-state index in [2.05, 4.69) is 30.2 Å². The molecule has 0 amide bonds. The minimum atomic E-state index is -3.77. The van der Waals surface area contributed by atoms with E-state index in [1.165, 1.54) is 25.6 Å². The molecule has 10 heteroatoms. The molecule has 2 heterocycles. The number of rotatable bonds is 6. The van der Waals surface area contributed by atoms with E-state index in [0.29, 0.717) is 23.1 Å². The SMILES string of the molecule is CC(C)(C)NS(=O)(=O)c1cc(Nc2ncn[nH]2)ccc1-c1cnc(C2CCCCC2)s1. The van der Waals surface area contributed by atoms with Crippen LogP contribution in [0.1, 0.15) is 63.8 Å². The molecule has 0 aliphatic heterocycles. The standard InChI is InChI=1S/C21H28N6O2S2/c1-21(2,3)27-31(28,29)18-11-15(25-20-23-13-24-26-20)9-10-16(18)17-12-22-19(30-17)14-7-5-4-6-8-14/h9-14,27H,4-8H2,1-3H3,(H2,23,24,25,26). The number of thiazole rings is 1. The van der Waals surface area contributed by atoms with Crippen molar-refractivity contribution in [3.8, 4) is 10.4 Å². The second kappa shape index (κ2) is 8.68. The van der Waals surface area contributed by atoms with Gasteiger partial charge in [-0.3, -0.25) is 0 Å². The second-order valence-corrected chi connectivity index (χ2v) is 11.6. The van der Waals surface area contributed by atoms with Crippen LogP contribution >= 0.6 is 11.3 Å². The highest BCUT2D eigenvalue weighted by Gasteiger charge is 2.27. The molecule has 1 aliphatic carbocycles. The van der Waals surface area contributed by atoms with Gasteiger partial charge in [0.2, 0.25) is 16.0 Å². The maximum atomic E-state index is 13.3. The summed E-state index contributed by atoms with van der Waals surface area (Å²) in [6.45, 7) is 5.48. The van der Waals surface area contributed by atoms with Crippen LogP contribution in [0.15, 0.2) is 35.6 Å². The molecule has 4 rings (SSSR count). The Labute approximate surface area is 187 Å². The van der Waals surface area contributed by atoms with Crippen molar-refractivity contribution in [1.29, 1.82) is 0 Å². The van der Waals surface area contributed by atoms with Gasteiger partial charge < -0.3 is 5.32 Å². The number of hydrogen-bond acceptors (Lipinski definition) is 7. The molecule has 2 aromatic heterocycles. The van der Waals surface area contributed by atoms with Gasteiger partial charge in [0.15, 0.2) is 0 Å². The number of benzene rings is 1. The molecule has 8 nitrogen and oxygen atoms in total. The number of aromatic nitrogens is 4. The summed E-state index contributed by atoms with van der Waals surface area (Å²) in [5.41, 5.74) is 0.650. The van der Waals surface area contributed by atoms with Gasteiger partial charge in [0.25, 0.3) is 0 Å². The fourth-order valence-electron chi connectivity index (χ4n) is 3.84. The lowest BCUT2D eigenvalue weighted by atomic mass is 9.90. The van der Waals surface area contributed by atoms with E-state index < -0.39 is 15.6 Å². The fraction of sp³-hybridized carbons (Fsp3) is 0.476. The molecule has 0 bridgehead atoms. The van der Waals surface area contributed by atoms with Crippen LogP contribution < -0.4 is 10.0 Å². The first-order valence-electron chi connectivity index (χ1n) is 10.5. The summed E-state index contributed by atoms with van der Waals surface area (Å²) in [6, 6.07) is 5.30. The third-order valence-electron chi connectivity index (χ3n) is 5.13. The molecule has 31 heavy (non-hydrogen) atoms. The van der Waals surface area contributed by atoms with Crippen molar-refractivity contribution < 1.29 is 8.42 Å². The van der Waals surface area contributed by atoms with Gasteiger partial charge >= 0.3 is 0 Å².